The Bertz CT molecular complexity index is 1290. The second kappa shape index (κ2) is 9.54. The Kier molecular flexibility index (Phi) is 6.34. The first-order chi connectivity index (χ1) is 16.1. The number of hydrogen-bond donors (Lipinski definition) is 2. The molecule has 1 aliphatic rings. The molecule has 9 heteroatoms. The number of aromatic nitrogens is 5. The first-order valence-corrected chi connectivity index (χ1v) is 12.3. The van der Waals surface area contributed by atoms with Gasteiger partial charge < -0.3 is 14.6 Å². The Balaban J connectivity index is 1.42. The van der Waals surface area contributed by atoms with Gasteiger partial charge in [-0.05, 0) is 71.1 Å². The molecule has 4 heterocycles. The molecule has 8 nitrogen and oxygen atoms in total. The van der Waals surface area contributed by atoms with Crippen LogP contribution in [0.2, 0.25) is 0 Å². The van der Waals surface area contributed by atoms with Gasteiger partial charge in [-0.1, -0.05) is 18.2 Å². The van der Waals surface area contributed by atoms with E-state index in [1.165, 1.54) is 15.3 Å². The van der Waals surface area contributed by atoms with Gasteiger partial charge >= 0.3 is 0 Å². The number of rotatable bonds is 8. The summed E-state index contributed by atoms with van der Waals surface area (Å²) in [6.07, 6.45) is 2.29. The zero-order chi connectivity index (χ0) is 22.8. The number of aromatic amines is 1. The van der Waals surface area contributed by atoms with Crippen LogP contribution >= 0.6 is 11.3 Å². The maximum atomic E-state index is 13.0. The molecule has 0 aliphatic carbocycles. The van der Waals surface area contributed by atoms with E-state index in [0.717, 1.165) is 53.8 Å². The van der Waals surface area contributed by atoms with Gasteiger partial charge in [0.05, 0.1) is 28.6 Å². The van der Waals surface area contributed by atoms with Crippen LogP contribution < -0.4 is 10.5 Å². The van der Waals surface area contributed by atoms with Crippen LogP contribution in [0.3, 0.4) is 0 Å². The highest BCUT2D eigenvalue weighted by molar-refractivity contribution is 7.09. The Hall–Kier alpha value is -2.88. The third-order valence-corrected chi connectivity index (χ3v) is 7.36. The molecule has 1 fully saturated rings. The van der Waals surface area contributed by atoms with Gasteiger partial charge in [0.15, 0.2) is 0 Å². The molecule has 1 aliphatic heterocycles. The van der Waals surface area contributed by atoms with Crippen LogP contribution in [0.1, 0.15) is 40.2 Å². The molecule has 0 amide bonds. The summed E-state index contributed by atoms with van der Waals surface area (Å²) < 4.78 is 7.64. The SMILES string of the molecule is Cc1ccc2cc(C[NH+](Cc3cccs3)Cc3nnnn3C[C@H]3CCCO3)c(=O)[nH]c2c1C. The maximum Gasteiger partial charge on any atom is 0.257 e. The number of H-pyrrole nitrogens is 1. The number of nitrogens with one attached hydrogen (secondary N) is 2. The first-order valence-electron chi connectivity index (χ1n) is 11.4. The second-order valence-corrected chi connectivity index (χ2v) is 9.90. The minimum Gasteiger partial charge on any atom is -0.376 e. The summed E-state index contributed by atoms with van der Waals surface area (Å²) in [6, 6.07) is 10.4. The third-order valence-electron chi connectivity index (χ3n) is 6.49. The van der Waals surface area contributed by atoms with E-state index in [9.17, 15) is 4.79 Å². The summed E-state index contributed by atoms with van der Waals surface area (Å²) in [5, 5.41) is 15.6. The molecule has 2 N–H and O–H groups in total. The van der Waals surface area contributed by atoms with Crippen LogP contribution in [0.5, 0.6) is 0 Å². The first kappa shape index (κ1) is 21.9. The highest BCUT2D eigenvalue weighted by Crippen LogP contribution is 2.19. The van der Waals surface area contributed by atoms with E-state index in [2.05, 4.69) is 64.0 Å². The van der Waals surface area contributed by atoms with E-state index in [4.69, 9.17) is 4.74 Å². The molecule has 2 atom stereocenters. The number of pyridine rings is 1. The van der Waals surface area contributed by atoms with Crippen LogP contribution in [-0.4, -0.2) is 37.9 Å². The summed E-state index contributed by atoms with van der Waals surface area (Å²) in [5.41, 5.74) is 3.96. The molecule has 1 aromatic carbocycles. The lowest BCUT2D eigenvalue weighted by atomic mass is 10.0. The van der Waals surface area contributed by atoms with Gasteiger partial charge in [0.1, 0.15) is 19.6 Å². The largest absolute Gasteiger partial charge is 0.376 e. The van der Waals surface area contributed by atoms with Crippen molar-refractivity contribution in [2.24, 2.45) is 0 Å². The summed E-state index contributed by atoms with van der Waals surface area (Å²) >= 11 is 1.73. The molecular formula is C24H29N6O2S+. The summed E-state index contributed by atoms with van der Waals surface area (Å²) in [4.78, 5) is 18.6. The molecule has 4 aromatic rings. The second-order valence-electron chi connectivity index (χ2n) is 8.87. The molecule has 33 heavy (non-hydrogen) atoms. The Labute approximate surface area is 196 Å². The lowest BCUT2D eigenvalue weighted by Gasteiger charge is -2.19. The van der Waals surface area contributed by atoms with Crippen molar-refractivity contribution in [3.05, 3.63) is 73.5 Å². The van der Waals surface area contributed by atoms with E-state index in [-0.39, 0.29) is 11.7 Å². The van der Waals surface area contributed by atoms with E-state index in [1.807, 2.05) is 10.7 Å². The fourth-order valence-electron chi connectivity index (χ4n) is 4.51. The van der Waals surface area contributed by atoms with Crippen molar-refractivity contribution in [3.8, 4) is 0 Å². The van der Waals surface area contributed by atoms with E-state index < -0.39 is 0 Å². The average Bonchev–Trinajstić information content (AvgIpc) is 3.57. The number of nitrogens with zero attached hydrogens (tertiary/aromatic N) is 4. The summed E-state index contributed by atoms with van der Waals surface area (Å²) in [5.74, 6) is 0.820. The molecule has 0 spiro atoms. The highest BCUT2D eigenvalue weighted by atomic mass is 32.1. The standard InChI is InChI=1S/C24H28N6O2S/c1-16-7-8-18-11-19(24(31)25-23(18)17(16)2)12-29(14-21-6-4-10-33-21)15-22-26-27-28-30(22)13-20-5-3-9-32-20/h4,6-8,10-11,20H,3,5,9,12-15H2,1-2H3,(H,25,31)/p+1/t20-/m1/s1. The van der Waals surface area contributed by atoms with Gasteiger partial charge in [0.25, 0.3) is 5.56 Å². The van der Waals surface area contributed by atoms with Gasteiger partial charge in [0.2, 0.25) is 5.82 Å². The van der Waals surface area contributed by atoms with Crippen LogP contribution in [0, 0.1) is 13.8 Å². The van der Waals surface area contributed by atoms with Gasteiger partial charge in [0, 0.05) is 6.61 Å². The average molecular weight is 466 g/mol. The number of benzene rings is 1. The van der Waals surface area contributed by atoms with Crippen molar-refractivity contribution in [2.75, 3.05) is 6.61 Å². The molecule has 0 saturated carbocycles. The number of tetrazole rings is 1. The Morgan fingerprint density at radius 3 is 2.94 bits per heavy atom. The van der Waals surface area contributed by atoms with E-state index in [0.29, 0.717) is 19.6 Å². The predicted molar refractivity (Wildman–Crippen MR) is 127 cm³/mol. The molecule has 1 unspecified atom stereocenters. The molecular weight excluding hydrogens is 436 g/mol. The lowest BCUT2D eigenvalue weighted by molar-refractivity contribution is -0.941. The highest BCUT2D eigenvalue weighted by Gasteiger charge is 2.22. The normalized spacial score (nSPS) is 17.1. The number of fused-ring (bicyclic) bond motifs is 1. The van der Waals surface area contributed by atoms with Gasteiger partial charge in [-0.15, -0.1) is 16.4 Å². The Morgan fingerprint density at radius 2 is 2.15 bits per heavy atom. The summed E-state index contributed by atoms with van der Waals surface area (Å²) in [7, 11) is 0. The third kappa shape index (κ3) is 4.90. The number of ether oxygens (including phenoxy) is 1. The number of quaternary nitrogens is 1. The van der Waals surface area contributed by atoms with E-state index >= 15 is 0 Å². The smallest absolute Gasteiger partial charge is 0.257 e. The monoisotopic (exact) mass is 465 g/mol. The zero-order valence-corrected chi connectivity index (χ0v) is 19.8. The minimum absolute atomic E-state index is 0.0289. The maximum absolute atomic E-state index is 13.0. The lowest BCUT2D eigenvalue weighted by Crippen LogP contribution is -3.08. The quantitative estimate of drug-likeness (QED) is 0.416. The zero-order valence-electron chi connectivity index (χ0n) is 19.0. The van der Waals surface area contributed by atoms with Crippen molar-refractivity contribution < 1.29 is 9.64 Å². The molecule has 1 saturated heterocycles. The Morgan fingerprint density at radius 1 is 1.24 bits per heavy atom. The molecule has 172 valence electrons. The van der Waals surface area contributed by atoms with Crippen molar-refractivity contribution in [1.29, 1.82) is 0 Å². The van der Waals surface area contributed by atoms with Crippen molar-refractivity contribution >= 4 is 22.2 Å². The number of hydrogen-bond acceptors (Lipinski definition) is 6. The van der Waals surface area contributed by atoms with Crippen molar-refractivity contribution in [3.63, 3.8) is 0 Å². The van der Waals surface area contributed by atoms with Crippen LogP contribution in [0.25, 0.3) is 10.9 Å². The topological polar surface area (TPSA) is 90.1 Å². The fourth-order valence-corrected chi connectivity index (χ4v) is 5.29. The van der Waals surface area contributed by atoms with Gasteiger partial charge in [-0.2, -0.15) is 0 Å². The van der Waals surface area contributed by atoms with Crippen LogP contribution in [-0.2, 0) is 30.9 Å². The van der Waals surface area contributed by atoms with Gasteiger partial charge in [-0.3, -0.25) is 4.79 Å². The van der Waals surface area contributed by atoms with E-state index in [1.54, 1.807) is 11.3 Å². The molecule has 0 radical (unpaired) electrons. The van der Waals surface area contributed by atoms with Crippen LogP contribution in [0.4, 0.5) is 0 Å². The van der Waals surface area contributed by atoms with Crippen molar-refractivity contribution in [1.82, 2.24) is 25.2 Å². The van der Waals surface area contributed by atoms with Gasteiger partial charge in [-0.25, -0.2) is 4.68 Å². The fraction of sp³-hybridized carbons (Fsp3) is 0.417. The number of thiophene rings is 1. The van der Waals surface area contributed by atoms with Crippen LogP contribution in [0.15, 0.2) is 40.5 Å². The van der Waals surface area contributed by atoms with Crippen molar-refractivity contribution in [2.45, 2.75) is 59.0 Å². The summed E-state index contributed by atoms with van der Waals surface area (Å²) in [6.45, 7) is 7.61. The molecule has 0 bridgehead atoms. The predicted octanol–water partition coefficient (Wildman–Crippen LogP) is 2.16. The molecule has 3 aromatic heterocycles. The number of aryl methyl sites for hydroxylation is 2. The minimum atomic E-state index is -0.0289. The molecule has 5 rings (SSSR count).